The predicted molar refractivity (Wildman–Crippen MR) is 90.1 cm³/mol. The fourth-order valence-corrected chi connectivity index (χ4v) is 2.77. The largest absolute Gasteiger partial charge is 0.382 e. The Kier molecular flexibility index (Phi) is 5.07. The first kappa shape index (κ1) is 17.1. The standard InChI is InChI=1S/C19H18F2N2O2/c1-2-12-5-3-4-6-13(12)11-22-19(24)18-10-17(23-25-18)15-9-14(20)7-8-16(15)21/h3-9,18H,2,10-11H2,1H3,(H,22,24)/t18-/m0/s1. The Morgan fingerprint density at radius 2 is 2.00 bits per heavy atom. The lowest BCUT2D eigenvalue weighted by Crippen LogP contribution is -2.34. The van der Waals surface area contributed by atoms with Gasteiger partial charge in [-0.05, 0) is 35.7 Å². The second-order valence-corrected chi connectivity index (χ2v) is 5.80. The van der Waals surface area contributed by atoms with E-state index in [0.29, 0.717) is 6.54 Å². The van der Waals surface area contributed by atoms with Crippen molar-refractivity contribution in [1.82, 2.24) is 5.32 Å². The molecule has 25 heavy (non-hydrogen) atoms. The molecule has 2 aromatic rings. The lowest BCUT2D eigenvalue weighted by molar-refractivity contribution is -0.131. The summed E-state index contributed by atoms with van der Waals surface area (Å²) in [4.78, 5) is 17.4. The summed E-state index contributed by atoms with van der Waals surface area (Å²) >= 11 is 0. The molecule has 1 heterocycles. The number of oxime groups is 1. The van der Waals surface area contributed by atoms with Gasteiger partial charge in [-0.3, -0.25) is 4.79 Å². The number of aryl methyl sites for hydroxylation is 1. The first-order valence-electron chi connectivity index (χ1n) is 8.11. The van der Waals surface area contributed by atoms with E-state index in [1.807, 2.05) is 31.2 Å². The molecular formula is C19H18F2N2O2. The zero-order valence-electron chi connectivity index (χ0n) is 13.8. The van der Waals surface area contributed by atoms with E-state index in [1.165, 1.54) is 0 Å². The van der Waals surface area contributed by atoms with Crippen LogP contribution in [0, 0.1) is 11.6 Å². The van der Waals surface area contributed by atoms with Crippen molar-refractivity contribution >= 4 is 11.6 Å². The number of amides is 1. The molecular weight excluding hydrogens is 326 g/mol. The molecule has 0 aromatic heterocycles. The van der Waals surface area contributed by atoms with Gasteiger partial charge in [-0.2, -0.15) is 0 Å². The van der Waals surface area contributed by atoms with Gasteiger partial charge in [-0.1, -0.05) is 36.3 Å². The molecule has 0 fully saturated rings. The Labute approximate surface area is 144 Å². The summed E-state index contributed by atoms with van der Waals surface area (Å²) in [6.07, 6.45) is 0.131. The third kappa shape index (κ3) is 3.84. The average molecular weight is 344 g/mol. The second-order valence-electron chi connectivity index (χ2n) is 5.80. The zero-order valence-corrected chi connectivity index (χ0v) is 13.8. The van der Waals surface area contributed by atoms with Gasteiger partial charge in [0.2, 0.25) is 6.10 Å². The summed E-state index contributed by atoms with van der Waals surface area (Å²) in [5, 5.41) is 6.56. The quantitative estimate of drug-likeness (QED) is 0.904. The van der Waals surface area contributed by atoms with Gasteiger partial charge >= 0.3 is 0 Å². The Morgan fingerprint density at radius 1 is 1.24 bits per heavy atom. The van der Waals surface area contributed by atoms with Crippen LogP contribution in [0.15, 0.2) is 47.6 Å². The SMILES string of the molecule is CCc1ccccc1CNC(=O)[C@@H]1CC(c2cc(F)ccc2F)=NO1. The van der Waals surface area contributed by atoms with Gasteiger partial charge in [0, 0.05) is 18.5 Å². The number of hydrogen-bond acceptors (Lipinski definition) is 3. The number of rotatable bonds is 5. The smallest absolute Gasteiger partial charge is 0.264 e. The number of nitrogens with zero attached hydrogens (tertiary/aromatic N) is 1. The van der Waals surface area contributed by atoms with Crippen LogP contribution in [0.2, 0.25) is 0 Å². The summed E-state index contributed by atoms with van der Waals surface area (Å²) in [5.74, 6) is -1.49. The van der Waals surface area contributed by atoms with E-state index >= 15 is 0 Å². The topological polar surface area (TPSA) is 50.7 Å². The number of carbonyl (C=O) groups excluding carboxylic acids is 1. The van der Waals surface area contributed by atoms with Crippen LogP contribution >= 0.6 is 0 Å². The van der Waals surface area contributed by atoms with Crippen LogP contribution in [0.5, 0.6) is 0 Å². The number of hydrogen-bond donors (Lipinski definition) is 1. The highest BCUT2D eigenvalue weighted by molar-refractivity contribution is 6.04. The molecule has 6 heteroatoms. The van der Waals surface area contributed by atoms with Gasteiger partial charge in [0.1, 0.15) is 11.6 Å². The Morgan fingerprint density at radius 3 is 2.76 bits per heavy atom. The average Bonchev–Trinajstić information content (AvgIpc) is 3.12. The van der Waals surface area contributed by atoms with Crippen molar-refractivity contribution in [1.29, 1.82) is 0 Å². The molecule has 4 nitrogen and oxygen atoms in total. The van der Waals surface area contributed by atoms with Crippen molar-refractivity contribution in [2.45, 2.75) is 32.4 Å². The maximum Gasteiger partial charge on any atom is 0.264 e. The predicted octanol–water partition coefficient (Wildman–Crippen LogP) is 3.34. The Balaban J connectivity index is 1.61. The number of nitrogens with one attached hydrogen (secondary N) is 1. The van der Waals surface area contributed by atoms with Crippen molar-refractivity contribution < 1.29 is 18.4 Å². The van der Waals surface area contributed by atoms with Crippen LogP contribution in [0.3, 0.4) is 0 Å². The summed E-state index contributed by atoms with van der Waals surface area (Å²) < 4.78 is 27.1. The van der Waals surface area contributed by atoms with E-state index in [-0.39, 0.29) is 23.6 Å². The Bertz CT molecular complexity index is 821. The normalized spacial score (nSPS) is 16.3. The number of benzene rings is 2. The van der Waals surface area contributed by atoms with Gasteiger partial charge in [0.15, 0.2) is 0 Å². The summed E-state index contributed by atoms with van der Waals surface area (Å²) in [7, 11) is 0. The van der Waals surface area contributed by atoms with Crippen molar-refractivity contribution in [3.8, 4) is 0 Å². The molecule has 1 amide bonds. The fraction of sp³-hybridized carbons (Fsp3) is 0.263. The van der Waals surface area contributed by atoms with Crippen molar-refractivity contribution in [2.24, 2.45) is 5.16 Å². The molecule has 130 valence electrons. The molecule has 0 spiro atoms. The maximum absolute atomic E-state index is 13.8. The van der Waals surface area contributed by atoms with Gasteiger partial charge in [0.05, 0.1) is 5.71 Å². The molecule has 0 saturated carbocycles. The van der Waals surface area contributed by atoms with Crippen LogP contribution in [-0.2, 0) is 22.6 Å². The molecule has 0 saturated heterocycles. The molecule has 0 bridgehead atoms. The second kappa shape index (κ2) is 7.42. The van der Waals surface area contributed by atoms with E-state index in [1.54, 1.807) is 0 Å². The molecule has 3 rings (SSSR count). The van der Waals surface area contributed by atoms with Crippen molar-refractivity contribution in [2.75, 3.05) is 0 Å². The fourth-order valence-electron chi connectivity index (χ4n) is 2.77. The Hall–Kier alpha value is -2.76. The third-order valence-electron chi connectivity index (χ3n) is 4.15. The highest BCUT2D eigenvalue weighted by Crippen LogP contribution is 2.20. The van der Waals surface area contributed by atoms with Gasteiger partial charge in [0.25, 0.3) is 5.91 Å². The summed E-state index contributed by atoms with van der Waals surface area (Å²) in [6, 6.07) is 11.0. The minimum absolute atomic E-state index is 0.0200. The molecule has 1 aliphatic rings. The van der Waals surface area contributed by atoms with Crippen LogP contribution in [0.25, 0.3) is 0 Å². The number of carbonyl (C=O) groups is 1. The highest BCUT2D eigenvalue weighted by Gasteiger charge is 2.30. The molecule has 0 radical (unpaired) electrons. The van der Waals surface area contributed by atoms with E-state index in [4.69, 9.17) is 4.84 Å². The first-order chi connectivity index (χ1) is 12.1. The monoisotopic (exact) mass is 344 g/mol. The number of halogens is 2. The first-order valence-corrected chi connectivity index (χ1v) is 8.11. The third-order valence-corrected chi connectivity index (χ3v) is 4.15. The van der Waals surface area contributed by atoms with Crippen molar-refractivity contribution in [3.05, 3.63) is 70.8 Å². The van der Waals surface area contributed by atoms with Gasteiger partial charge in [-0.15, -0.1) is 0 Å². The van der Waals surface area contributed by atoms with Crippen LogP contribution < -0.4 is 5.32 Å². The molecule has 2 aromatic carbocycles. The van der Waals surface area contributed by atoms with Crippen LogP contribution in [0.1, 0.15) is 30.0 Å². The lowest BCUT2D eigenvalue weighted by Gasteiger charge is -2.12. The maximum atomic E-state index is 13.8. The van der Waals surface area contributed by atoms with E-state index in [9.17, 15) is 13.6 Å². The molecule has 0 aliphatic carbocycles. The molecule has 1 atom stereocenters. The molecule has 1 aliphatic heterocycles. The van der Waals surface area contributed by atoms with Gasteiger partial charge in [-0.25, -0.2) is 8.78 Å². The van der Waals surface area contributed by atoms with E-state index < -0.39 is 17.7 Å². The van der Waals surface area contributed by atoms with E-state index in [2.05, 4.69) is 10.5 Å². The minimum atomic E-state index is -0.841. The van der Waals surface area contributed by atoms with Gasteiger partial charge < -0.3 is 10.2 Å². The molecule has 0 unspecified atom stereocenters. The summed E-state index contributed by atoms with van der Waals surface area (Å²) in [6.45, 7) is 2.43. The van der Waals surface area contributed by atoms with Crippen LogP contribution in [-0.4, -0.2) is 17.7 Å². The van der Waals surface area contributed by atoms with E-state index in [0.717, 1.165) is 35.7 Å². The van der Waals surface area contributed by atoms with Crippen molar-refractivity contribution in [3.63, 3.8) is 0 Å². The minimum Gasteiger partial charge on any atom is -0.382 e. The lowest BCUT2D eigenvalue weighted by atomic mass is 10.0. The zero-order chi connectivity index (χ0) is 17.8. The van der Waals surface area contributed by atoms with Crippen LogP contribution in [0.4, 0.5) is 8.78 Å². The highest BCUT2D eigenvalue weighted by atomic mass is 19.1. The summed E-state index contributed by atoms with van der Waals surface area (Å²) in [5.41, 5.74) is 2.44. The molecule has 1 N–H and O–H groups in total.